The molecular formula is C10H18N2O. The number of hydrogen-bond donors (Lipinski definition) is 1. The molecule has 0 bridgehead atoms. The van der Waals surface area contributed by atoms with E-state index < -0.39 is 0 Å². The summed E-state index contributed by atoms with van der Waals surface area (Å²) in [4.78, 5) is 13.1. The van der Waals surface area contributed by atoms with E-state index in [1.807, 2.05) is 39.8 Å². The zero-order valence-corrected chi connectivity index (χ0v) is 9.06. The summed E-state index contributed by atoms with van der Waals surface area (Å²) < 4.78 is 0. The normalized spacial score (nSPS) is 10.6. The second-order valence-electron chi connectivity index (χ2n) is 4.24. The molecule has 0 aliphatic heterocycles. The minimum atomic E-state index is -0.214. The van der Waals surface area contributed by atoms with Crippen LogP contribution >= 0.6 is 0 Å². The number of amides is 1. The zero-order chi connectivity index (χ0) is 10.5. The van der Waals surface area contributed by atoms with E-state index in [1.54, 1.807) is 0 Å². The monoisotopic (exact) mass is 182 g/mol. The lowest BCUT2D eigenvalue weighted by Crippen LogP contribution is -2.39. The Morgan fingerprint density at radius 3 is 2.31 bits per heavy atom. The average molecular weight is 182 g/mol. The van der Waals surface area contributed by atoms with Crippen LogP contribution in [0.2, 0.25) is 0 Å². The smallest absolute Gasteiger partial charge is 0.296 e. The Balaban J connectivity index is 3.92. The first-order valence-electron chi connectivity index (χ1n) is 4.27. The van der Waals surface area contributed by atoms with Crippen LogP contribution in [0.5, 0.6) is 0 Å². The number of carbonyl (C=O) groups excluding carboxylic acids is 1. The Hall–Kier alpha value is -1.01. The summed E-state index contributed by atoms with van der Waals surface area (Å²) in [7, 11) is 3.83. The Labute approximate surface area is 80.5 Å². The van der Waals surface area contributed by atoms with Gasteiger partial charge in [-0.1, -0.05) is 5.92 Å². The van der Waals surface area contributed by atoms with Crippen molar-refractivity contribution in [2.45, 2.75) is 26.3 Å². The molecule has 0 aromatic carbocycles. The molecule has 0 radical (unpaired) electrons. The van der Waals surface area contributed by atoms with Gasteiger partial charge in [0.15, 0.2) is 0 Å². The molecular weight excluding hydrogens is 164 g/mol. The molecule has 0 spiro atoms. The van der Waals surface area contributed by atoms with E-state index in [0.29, 0.717) is 6.54 Å². The highest BCUT2D eigenvalue weighted by Gasteiger charge is 2.11. The van der Waals surface area contributed by atoms with Gasteiger partial charge in [0.2, 0.25) is 0 Å². The summed E-state index contributed by atoms with van der Waals surface area (Å²) in [5.41, 5.74) is -0.204. The van der Waals surface area contributed by atoms with Gasteiger partial charge in [-0.15, -0.1) is 0 Å². The van der Waals surface area contributed by atoms with Crippen LogP contribution < -0.4 is 5.32 Å². The van der Waals surface area contributed by atoms with Gasteiger partial charge in [0.25, 0.3) is 5.91 Å². The third-order valence-electron chi connectivity index (χ3n) is 1.09. The van der Waals surface area contributed by atoms with Crippen molar-refractivity contribution >= 4 is 5.91 Å². The van der Waals surface area contributed by atoms with Gasteiger partial charge in [0.05, 0.1) is 6.54 Å². The molecule has 0 saturated heterocycles. The lowest BCUT2D eigenvalue weighted by molar-refractivity contribution is -0.117. The molecule has 0 heterocycles. The lowest BCUT2D eigenvalue weighted by Gasteiger charge is -2.18. The second-order valence-corrected chi connectivity index (χ2v) is 4.24. The van der Waals surface area contributed by atoms with Crippen LogP contribution in [0.1, 0.15) is 20.8 Å². The van der Waals surface area contributed by atoms with E-state index in [4.69, 9.17) is 0 Å². The largest absolute Gasteiger partial charge is 0.341 e. The first-order chi connectivity index (χ1) is 5.81. The molecule has 0 saturated carbocycles. The van der Waals surface area contributed by atoms with E-state index in [2.05, 4.69) is 17.2 Å². The summed E-state index contributed by atoms with van der Waals surface area (Å²) in [5.74, 6) is 5.09. The van der Waals surface area contributed by atoms with Crippen molar-refractivity contribution in [2.24, 2.45) is 0 Å². The van der Waals surface area contributed by atoms with Crippen molar-refractivity contribution in [3.63, 3.8) is 0 Å². The molecule has 0 aromatic heterocycles. The van der Waals surface area contributed by atoms with E-state index in [9.17, 15) is 4.79 Å². The standard InChI is InChI=1S/C10H18N2O/c1-10(2,3)11-9(13)7-6-8-12(4)5/h8H2,1-5H3,(H,11,13). The number of nitrogens with zero attached hydrogens (tertiary/aromatic N) is 1. The van der Waals surface area contributed by atoms with Crippen LogP contribution in [0.3, 0.4) is 0 Å². The maximum atomic E-state index is 11.1. The summed E-state index contributed by atoms with van der Waals surface area (Å²) in [6.07, 6.45) is 0. The van der Waals surface area contributed by atoms with Crippen molar-refractivity contribution in [3.8, 4) is 11.8 Å². The van der Waals surface area contributed by atoms with E-state index in [-0.39, 0.29) is 11.4 Å². The van der Waals surface area contributed by atoms with Crippen molar-refractivity contribution in [2.75, 3.05) is 20.6 Å². The summed E-state index contributed by atoms with van der Waals surface area (Å²) >= 11 is 0. The minimum absolute atomic E-state index is 0.204. The zero-order valence-electron chi connectivity index (χ0n) is 9.06. The molecule has 0 aliphatic rings. The Bertz CT molecular complexity index is 228. The highest BCUT2D eigenvalue weighted by Crippen LogP contribution is 1.96. The number of hydrogen-bond acceptors (Lipinski definition) is 2. The number of carbonyl (C=O) groups is 1. The number of nitrogens with one attached hydrogen (secondary N) is 1. The van der Waals surface area contributed by atoms with Crippen LogP contribution in [0, 0.1) is 11.8 Å². The summed E-state index contributed by atoms with van der Waals surface area (Å²) in [5, 5.41) is 2.76. The SMILES string of the molecule is CN(C)CC#CC(=O)NC(C)(C)C. The fourth-order valence-corrected chi connectivity index (χ4v) is 0.650. The predicted molar refractivity (Wildman–Crippen MR) is 54.2 cm³/mol. The van der Waals surface area contributed by atoms with E-state index >= 15 is 0 Å². The molecule has 74 valence electrons. The molecule has 3 nitrogen and oxygen atoms in total. The topological polar surface area (TPSA) is 32.3 Å². The van der Waals surface area contributed by atoms with Crippen molar-refractivity contribution in [1.29, 1.82) is 0 Å². The Morgan fingerprint density at radius 1 is 1.38 bits per heavy atom. The first kappa shape index (κ1) is 12.0. The van der Waals surface area contributed by atoms with Gasteiger partial charge in [-0.2, -0.15) is 0 Å². The fraction of sp³-hybridized carbons (Fsp3) is 0.700. The molecule has 0 fully saturated rings. The highest BCUT2D eigenvalue weighted by atomic mass is 16.1. The predicted octanol–water partition coefficient (Wildman–Crippen LogP) is 0.466. The quantitative estimate of drug-likeness (QED) is 0.598. The number of rotatable bonds is 1. The van der Waals surface area contributed by atoms with Gasteiger partial charge in [-0.3, -0.25) is 9.69 Å². The third kappa shape index (κ3) is 8.90. The highest BCUT2D eigenvalue weighted by molar-refractivity contribution is 5.93. The van der Waals surface area contributed by atoms with Gasteiger partial charge in [-0.25, -0.2) is 0 Å². The van der Waals surface area contributed by atoms with E-state index in [1.165, 1.54) is 0 Å². The molecule has 3 heteroatoms. The third-order valence-corrected chi connectivity index (χ3v) is 1.09. The van der Waals surface area contributed by atoms with Gasteiger partial charge in [-0.05, 0) is 40.8 Å². The minimum Gasteiger partial charge on any atom is -0.341 e. The average Bonchev–Trinajstić information content (AvgIpc) is 1.81. The van der Waals surface area contributed by atoms with E-state index in [0.717, 1.165) is 0 Å². The van der Waals surface area contributed by atoms with Gasteiger partial charge in [0, 0.05) is 5.54 Å². The Kier molecular flexibility index (Phi) is 4.50. The molecule has 13 heavy (non-hydrogen) atoms. The van der Waals surface area contributed by atoms with Crippen LogP contribution in [-0.2, 0) is 4.79 Å². The molecule has 0 atom stereocenters. The maximum Gasteiger partial charge on any atom is 0.296 e. The van der Waals surface area contributed by atoms with Gasteiger partial charge < -0.3 is 5.32 Å². The van der Waals surface area contributed by atoms with Crippen molar-refractivity contribution < 1.29 is 4.79 Å². The summed E-state index contributed by atoms with van der Waals surface area (Å²) in [6.45, 7) is 6.40. The lowest BCUT2D eigenvalue weighted by atomic mass is 10.1. The van der Waals surface area contributed by atoms with Crippen LogP contribution in [0.25, 0.3) is 0 Å². The maximum absolute atomic E-state index is 11.1. The van der Waals surface area contributed by atoms with Gasteiger partial charge in [0.1, 0.15) is 0 Å². The van der Waals surface area contributed by atoms with Gasteiger partial charge >= 0.3 is 0 Å². The molecule has 0 rings (SSSR count). The molecule has 1 amide bonds. The summed E-state index contributed by atoms with van der Waals surface area (Å²) in [6, 6.07) is 0. The molecule has 0 aromatic rings. The fourth-order valence-electron chi connectivity index (χ4n) is 0.650. The van der Waals surface area contributed by atoms with Crippen molar-refractivity contribution in [3.05, 3.63) is 0 Å². The molecule has 0 aliphatic carbocycles. The van der Waals surface area contributed by atoms with Crippen molar-refractivity contribution in [1.82, 2.24) is 10.2 Å². The molecule has 0 unspecified atom stereocenters. The van der Waals surface area contributed by atoms with Crippen LogP contribution in [0.15, 0.2) is 0 Å². The van der Waals surface area contributed by atoms with Crippen LogP contribution in [-0.4, -0.2) is 37.0 Å². The van der Waals surface area contributed by atoms with Crippen LogP contribution in [0.4, 0.5) is 0 Å². The second kappa shape index (κ2) is 4.88. The first-order valence-corrected chi connectivity index (χ1v) is 4.27. The molecule has 1 N–H and O–H groups in total. The Morgan fingerprint density at radius 2 is 1.92 bits per heavy atom.